The van der Waals surface area contributed by atoms with E-state index in [0.29, 0.717) is 12.6 Å². The molecule has 5 rings (SSSR count). The molecule has 1 saturated heterocycles. The zero-order valence-corrected chi connectivity index (χ0v) is 29.1. The third-order valence-electron chi connectivity index (χ3n) is 8.85. The van der Waals surface area contributed by atoms with E-state index in [-0.39, 0.29) is 29.1 Å². The lowest BCUT2D eigenvalue weighted by molar-refractivity contribution is -0.166. The first-order valence-corrected chi connectivity index (χ1v) is 17.2. The van der Waals surface area contributed by atoms with Crippen LogP contribution in [-0.2, 0) is 28.6 Å². The minimum absolute atomic E-state index is 0.0332. The Labute approximate surface area is 297 Å². The van der Waals surface area contributed by atoms with Crippen LogP contribution in [0.25, 0.3) is 0 Å². The summed E-state index contributed by atoms with van der Waals surface area (Å²) in [4.78, 5) is 59.5. The highest BCUT2D eigenvalue weighted by Gasteiger charge is 2.41. The van der Waals surface area contributed by atoms with Gasteiger partial charge < -0.3 is 35.1 Å². The van der Waals surface area contributed by atoms with Crippen molar-refractivity contribution in [3.8, 4) is 0 Å². The van der Waals surface area contributed by atoms with Gasteiger partial charge in [0.2, 0.25) is 12.2 Å². The number of carbonyl (C=O) groups is 5. The van der Waals surface area contributed by atoms with Crippen LogP contribution in [-0.4, -0.2) is 71.5 Å². The number of hydrogen-bond donors (Lipinski definition) is 4. The van der Waals surface area contributed by atoms with Gasteiger partial charge in [-0.05, 0) is 95.0 Å². The fourth-order valence-corrected chi connectivity index (χ4v) is 6.06. The second-order valence-electron chi connectivity index (χ2n) is 12.7. The number of benzene rings is 3. The number of anilines is 1. The number of nitrogens with one attached hydrogen (secondary N) is 2. The summed E-state index contributed by atoms with van der Waals surface area (Å²) in [6.07, 6.45) is 2.71. The van der Waals surface area contributed by atoms with E-state index in [2.05, 4.69) is 34.9 Å². The topological polar surface area (TPSA) is 178 Å². The maximum absolute atomic E-state index is 12.2. The monoisotopic (exact) mass is 702 g/mol. The smallest absolute Gasteiger partial charge is 0.349 e. The SMILES string of the molecule is CCOC(=O)[C@H]1CCCN[C@H]1c1ccc(NC2CCCC2)cc1.Cc1ccc(C(=O)O[C@@H](C(=O)O)[C@@H](OC(=O)c2ccc(C)cc2)C(=O)O)cc1. The molecule has 3 aromatic carbocycles. The lowest BCUT2D eigenvalue weighted by Gasteiger charge is -2.31. The summed E-state index contributed by atoms with van der Waals surface area (Å²) in [6, 6.07) is 21.3. The zero-order chi connectivity index (χ0) is 36.9. The van der Waals surface area contributed by atoms with Crippen LogP contribution >= 0.6 is 0 Å². The summed E-state index contributed by atoms with van der Waals surface area (Å²) in [7, 11) is 0. The van der Waals surface area contributed by atoms with Crippen LogP contribution < -0.4 is 10.6 Å². The number of hydrogen-bond acceptors (Lipinski definition) is 10. The Morgan fingerprint density at radius 1 is 0.725 bits per heavy atom. The van der Waals surface area contributed by atoms with Gasteiger partial charge in [0.1, 0.15) is 0 Å². The third-order valence-corrected chi connectivity index (χ3v) is 8.85. The Morgan fingerprint density at radius 3 is 1.67 bits per heavy atom. The molecule has 3 aromatic rings. The van der Waals surface area contributed by atoms with Gasteiger partial charge in [0.25, 0.3) is 0 Å². The van der Waals surface area contributed by atoms with Crippen LogP contribution in [0.4, 0.5) is 5.69 Å². The Bertz CT molecular complexity index is 1560. The Kier molecular flexibility index (Phi) is 14.1. The summed E-state index contributed by atoms with van der Waals surface area (Å²) in [6.45, 7) is 6.86. The van der Waals surface area contributed by atoms with Gasteiger partial charge in [-0.1, -0.05) is 60.4 Å². The molecule has 0 bridgehead atoms. The number of rotatable bonds is 12. The molecule has 12 nitrogen and oxygen atoms in total. The first-order chi connectivity index (χ1) is 24.5. The van der Waals surface area contributed by atoms with E-state index in [0.717, 1.165) is 30.5 Å². The van der Waals surface area contributed by atoms with Crippen molar-refractivity contribution in [1.29, 1.82) is 0 Å². The molecule has 51 heavy (non-hydrogen) atoms. The molecule has 1 aliphatic heterocycles. The second kappa shape index (κ2) is 18.7. The molecule has 4 atom stereocenters. The van der Waals surface area contributed by atoms with E-state index < -0.39 is 36.1 Å². The molecule has 0 radical (unpaired) electrons. The average Bonchev–Trinajstić information content (AvgIpc) is 3.64. The first kappa shape index (κ1) is 38.6. The number of aliphatic carboxylic acids is 2. The lowest BCUT2D eigenvalue weighted by Crippen LogP contribution is -2.45. The van der Waals surface area contributed by atoms with Crippen LogP contribution in [0.5, 0.6) is 0 Å². The van der Waals surface area contributed by atoms with Crippen molar-refractivity contribution in [3.63, 3.8) is 0 Å². The van der Waals surface area contributed by atoms with Crippen molar-refractivity contribution in [3.05, 3.63) is 101 Å². The number of aryl methyl sites for hydroxylation is 2. The molecule has 1 saturated carbocycles. The molecule has 1 heterocycles. The molecule has 0 amide bonds. The number of esters is 3. The number of carbonyl (C=O) groups excluding carboxylic acids is 3. The van der Waals surface area contributed by atoms with Gasteiger partial charge in [-0.2, -0.15) is 0 Å². The number of ether oxygens (including phenoxy) is 3. The Morgan fingerprint density at radius 2 is 1.22 bits per heavy atom. The standard InChI is InChI=1S/C20H18O8.C19H28N2O2/c1-11-3-7-13(8-4-11)19(25)27-15(17(21)22)16(18(23)24)28-20(26)14-9-5-12(2)6-10-14;1-2-23-19(22)17-8-5-13-20-18(17)14-9-11-16(12-10-14)21-15-6-3-4-7-15/h3-10,15-16H,1-2H3,(H,21,22)(H,23,24);9-12,15,17-18,20-21H,2-8,13H2,1H3/t15-,16-;17-,18-/m10/s1. The fourth-order valence-electron chi connectivity index (χ4n) is 6.06. The summed E-state index contributed by atoms with van der Waals surface area (Å²) in [5, 5.41) is 25.8. The van der Waals surface area contributed by atoms with Crippen molar-refractivity contribution < 1.29 is 48.4 Å². The Hall–Kier alpha value is -5.23. The summed E-state index contributed by atoms with van der Waals surface area (Å²) < 4.78 is 14.9. The van der Waals surface area contributed by atoms with Crippen LogP contribution in [0.15, 0.2) is 72.8 Å². The molecular weight excluding hydrogens is 656 g/mol. The maximum atomic E-state index is 12.2. The van der Waals surface area contributed by atoms with Gasteiger partial charge in [-0.25, -0.2) is 19.2 Å². The highest BCUT2D eigenvalue weighted by Crippen LogP contribution is 2.31. The number of piperidine rings is 1. The van der Waals surface area contributed by atoms with Crippen LogP contribution in [0.2, 0.25) is 0 Å². The fraction of sp³-hybridized carbons (Fsp3) is 0.410. The predicted octanol–water partition coefficient (Wildman–Crippen LogP) is 5.87. The molecule has 12 heteroatoms. The molecule has 1 aliphatic carbocycles. The van der Waals surface area contributed by atoms with Gasteiger partial charge in [0, 0.05) is 17.8 Å². The Balaban J connectivity index is 0.000000233. The highest BCUT2D eigenvalue weighted by molar-refractivity contribution is 5.95. The van der Waals surface area contributed by atoms with Crippen LogP contribution in [0.1, 0.15) is 88.9 Å². The summed E-state index contributed by atoms with van der Waals surface area (Å²) in [5.74, 6) is -5.76. The number of carboxylic acid groups (broad SMARTS) is 2. The quantitative estimate of drug-likeness (QED) is 0.131. The highest BCUT2D eigenvalue weighted by atomic mass is 16.6. The normalized spacial score (nSPS) is 18.3. The predicted molar refractivity (Wildman–Crippen MR) is 188 cm³/mol. The van der Waals surface area contributed by atoms with E-state index >= 15 is 0 Å². The first-order valence-electron chi connectivity index (χ1n) is 17.2. The van der Waals surface area contributed by atoms with Gasteiger partial charge in [-0.3, -0.25) is 4.79 Å². The van der Waals surface area contributed by atoms with Gasteiger partial charge in [0.05, 0.1) is 23.7 Å². The molecule has 4 N–H and O–H groups in total. The van der Waals surface area contributed by atoms with E-state index in [1.807, 2.05) is 6.92 Å². The molecule has 2 aliphatic rings. The van der Waals surface area contributed by atoms with Gasteiger partial charge in [0.15, 0.2) is 0 Å². The molecule has 0 spiro atoms. The molecule has 0 aromatic heterocycles. The average molecular weight is 703 g/mol. The van der Waals surface area contributed by atoms with Gasteiger partial charge in [-0.15, -0.1) is 0 Å². The molecule has 0 unspecified atom stereocenters. The minimum Gasteiger partial charge on any atom is -0.478 e. The molecular formula is C39H46N2O10. The van der Waals surface area contributed by atoms with Crippen molar-refractivity contribution in [1.82, 2.24) is 5.32 Å². The molecule has 272 valence electrons. The van der Waals surface area contributed by atoms with Crippen molar-refractivity contribution in [2.45, 2.75) is 83.6 Å². The second-order valence-corrected chi connectivity index (χ2v) is 12.7. The van der Waals surface area contributed by atoms with Crippen LogP contribution in [0, 0.1) is 19.8 Å². The van der Waals surface area contributed by atoms with E-state index in [4.69, 9.17) is 14.2 Å². The lowest BCUT2D eigenvalue weighted by atomic mass is 9.86. The van der Waals surface area contributed by atoms with Crippen molar-refractivity contribution in [2.24, 2.45) is 5.92 Å². The van der Waals surface area contributed by atoms with E-state index in [1.165, 1.54) is 61.2 Å². The summed E-state index contributed by atoms with van der Waals surface area (Å²) >= 11 is 0. The zero-order valence-electron chi connectivity index (χ0n) is 29.1. The largest absolute Gasteiger partial charge is 0.478 e. The molecule has 2 fully saturated rings. The van der Waals surface area contributed by atoms with Crippen LogP contribution in [0.3, 0.4) is 0 Å². The summed E-state index contributed by atoms with van der Waals surface area (Å²) in [5.41, 5.74) is 4.16. The van der Waals surface area contributed by atoms with E-state index in [9.17, 15) is 34.2 Å². The number of carboxylic acids is 2. The minimum atomic E-state index is -2.22. The van der Waals surface area contributed by atoms with E-state index in [1.54, 1.807) is 38.1 Å². The van der Waals surface area contributed by atoms with Crippen molar-refractivity contribution >= 4 is 35.5 Å². The maximum Gasteiger partial charge on any atom is 0.349 e. The van der Waals surface area contributed by atoms with Crippen molar-refractivity contribution in [2.75, 3.05) is 18.5 Å². The third kappa shape index (κ3) is 11.1. The van der Waals surface area contributed by atoms with Gasteiger partial charge >= 0.3 is 29.8 Å².